The van der Waals surface area contributed by atoms with Crippen molar-refractivity contribution in [3.05, 3.63) is 68.7 Å². The molecule has 0 radical (unpaired) electrons. The van der Waals surface area contributed by atoms with Gasteiger partial charge in [0.1, 0.15) is 0 Å². The van der Waals surface area contributed by atoms with Gasteiger partial charge in [-0.25, -0.2) is 0 Å². The highest BCUT2D eigenvalue weighted by Crippen LogP contribution is 2.28. The van der Waals surface area contributed by atoms with Crippen LogP contribution in [0.3, 0.4) is 0 Å². The third kappa shape index (κ3) is 5.23. The van der Waals surface area contributed by atoms with Crippen LogP contribution >= 0.6 is 11.6 Å². The van der Waals surface area contributed by atoms with Crippen LogP contribution in [0.15, 0.2) is 42.5 Å². The normalized spacial score (nSPS) is 15.5. The molecular formula is C20H22ClN3O5. The quantitative estimate of drug-likeness (QED) is 0.547. The largest absolute Gasteiger partial charge is 0.490 e. The Hall–Kier alpha value is -2.68. The summed E-state index contributed by atoms with van der Waals surface area (Å²) in [5.41, 5.74) is 0.981. The number of nitrogens with one attached hydrogen (secondary N) is 1. The molecule has 8 nitrogen and oxygen atoms in total. The van der Waals surface area contributed by atoms with Gasteiger partial charge >= 0.3 is 5.69 Å². The molecule has 1 N–H and O–H groups in total. The molecule has 1 unspecified atom stereocenters. The summed E-state index contributed by atoms with van der Waals surface area (Å²) in [6, 6.07) is 11.6. The molecule has 29 heavy (non-hydrogen) atoms. The number of benzene rings is 2. The Morgan fingerprint density at radius 3 is 2.59 bits per heavy atom. The summed E-state index contributed by atoms with van der Waals surface area (Å²) in [7, 11) is 1.35. The topological polar surface area (TPSA) is 93.9 Å². The molecule has 1 saturated heterocycles. The first-order valence-corrected chi connectivity index (χ1v) is 9.55. The van der Waals surface area contributed by atoms with Crippen molar-refractivity contribution in [2.24, 2.45) is 0 Å². The Kier molecular flexibility index (Phi) is 7.03. The first-order valence-electron chi connectivity index (χ1n) is 9.17. The molecule has 2 aromatic rings. The lowest BCUT2D eigenvalue weighted by Gasteiger charge is -2.35. The van der Waals surface area contributed by atoms with E-state index < -0.39 is 4.92 Å². The number of hydrogen-bond acceptors (Lipinski definition) is 6. The van der Waals surface area contributed by atoms with Crippen molar-refractivity contribution in [2.45, 2.75) is 6.04 Å². The van der Waals surface area contributed by atoms with Gasteiger partial charge in [-0.15, -0.1) is 0 Å². The first kappa shape index (κ1) is 21.0. The van der Waals surface area contributed by atoms with E-state index in [1.54, 1.807) is 0 Å². The van der Waals surface area contributed by atoms with E-state index in [1.807, 2.05) is 24.3 Å². The van der Waals surface area contributed by atoms with Gasteiger partial charge in [-0.3, -0.25) is 19.8 Å². The SMILES string of the molecule is COc1ccc(C(=O)NCC(c2ccc(Cl)cc2)N2CCOCC2)cc1[N+](=O)[O-]. The summed E-state index contributed by atoms with van der Waals surface area (Å²) >= 11 is 6.01. The number of methoxy groups -OCH3 is 1. The predicted molar refractivity (Wildman–Crippen MR) is 109 cm³/mol. The number of rotatable bonds is 7. The highest BCUT2D eigenvalue weighted by atomic mass is 35.5. The van der Waals surface area contributed by atoms with E-state index in [0.717, 1.165) is 18.7 Å². The molecule has 154 valence electrons. The smallest absolute Gasteiger partial charge is 0.311 e. The van der Waals surface area contributed by atoms with E-state index in [4.69, 9.17) is 21.1 Å². The van der Waals surface area contributed by atoms with Crippen LogP contribution in [0.2, 0.25) is 5.02 Å². The average Bonchev–Trinajstić information content (AvgIpc) is 2.75. The maximum atomic E-state index is 12.7. The zero-order valence-corrected chi connectivity index (χ0v) is 16.7. The van der Waals surface area contributed by atoms with Gasteiger partial charge in [0, 0.05) is 36.3 Å². The molecule has 0 saturated carbocycles. The number of nitro groups is 1. The molecule has 0 spiro atoms. The molecule has 1 amide bonds. The molecule has 1 heterocycles. The number of morpholine rings is 1. The Bertz CT molecular complexity index is 869. The maximum Gasteiger partial charge on any atom is 0.311 e. The van der Waals surface area contributed by atoms with E-state index in [0.29, 0.717) is 24.8 Å². The fourth-order valence-corrected chi connectivity index (χ4v) is 3.42. The Morgan fingerprint density at radius 1 is 1.28 bits per heavy atom. The average molecular weight is 420 g/mol. The predicted octanol–water partition coefficient (Wildman–Crippen LogP) is 3.06. The van der Waals surface area contributed by atoms with Crippen LogP contribution in [0.25, 0.3) is 0 Å². The Morgan fingerprint density at radius 2 is 1.97 bits per heavy atom. The zero-order valence-electron chi connectivity index (χ0n) is 16.0. The van der Waals surface area contributed by atoms with Crippen LogP contribution in [0.4, 0.5) is 5.69 Å². The van der Waals surface area contributed by atoms with Crippen molar-refractivity contribution in [1.29, 1.82) is 0 Å². The number of carbonyl (C=O) groups is 1. The molecule has 3 rings (SSSR count). The number of hydrogen-bond donors (Lipinski definition) is 1. The molecule has 0 bridgehead atoms. The lowest BCUT2D eigenvalue weighted by atomic mass is 10.0. The van der Waals surface area contributed by atoms with Crippen LogP contribution in [-0.2, 0) is 4.74 Å². The summed E-state index contributed by atoms with van der Waals surface area (Å²) in [4.78, 5) is 25.5. The summed E-state index contributed by atoms with van der Waals surface area (Å²) < 4.78 is 10.4. The molecule has 1 aliphatic heterocycles. The van der Waals surface area contributed by atoms with Crippen LogP contribution in [-0.4, -0.2) is 55.7 Å². The fraction of sp³-hybridized carbons (Fsp3) is 0.350. The van der Waals surface area contributed by atoms with E-state index >= 15 is 0 Å². The van der Waals surface area contributed by atoms with Gasteiger partial charge in [-0.05, 0) is 29.8 Å². The number of carbonyl (C=O) groups excluding carboxylic acids is 1. The second-order valence-electron chi connectivity index (χ2n) is 6.57. The minimum Gasteiger partial charge on any atom is -0.490 e. The van der Waals surface area contributed by atoms with Gasteiger partial charge in [0.05, 0.1) is 31.3 Å². The van der Waals surface area contributed by atoms with E-state index in [1.165, 1.54) is 25.3 Å². The number of nitrogens with zero attached hydrogens (tertiary/aromatic N) is 2. The summed E-state index contributed by atoms with van der Waals surface area (Å²) in [6.45, 7) is 3.10. The van der Waals surface area contributed by atoms with Gasteiger partial charge in [0.15, 0.2) is 5.75 Å². The monoisotopic (exact) mass is 419 g/mol. The highest BCUT2D eigenvalue weighted by Gasteiger charge is 2.24. The van der Waals surface area contributed by atoms with Gasteiger partial charge in [-0.1, -0.05) is 23.7 Å². The second-order valence-corrected chi connectivity index (χ2v) is 7.01. The molecule has 0 aliphatic carbocycles. The van der Waals surface area contributed by atoms with Gasteiger partial charge < -0.3 is 14.8 Å². The fourth-order valence-electron chi connectivity index (χ4n) is 3.30. The summed E-state index contributed by atoms with van der Waals surface area (Å²) in [5, 5.41) is 14.7. The second kappa shape index (κ2) is 9.69. The van der Waals surface area contributed by atoms with Gasteiger partial charge in [0.2, 0.25) is 0 Å². The van der Waals surface area contributed by atoms with E-state index in [-0.39, 0.29) is 28.9 Å². The van der Waals surface area contributed by atoms with Crippen molar-refractivity contribution in [3.8, 4) is 5.75 Å². The standard InChI is InChI=1S/C20H22ClN3O5/c1-28-19-7-4-15(12-17(19)24(26)27)20(25)22-13-18(23-8-10-29-11-9-23)14-2-5-16(21)6-3-14/h2-7,12,18H,8-11,13H2,1H3,(H,22,25). The van der Waals surface area contributed by atoms with Crippen LogP contribution in [0.1, 0.15) is 22.0 Å². The highest BCUT2D eigenvalue weighted by molar-refractivity contribution is 6.30. The molecular weight excluding hydrogens is 398 g/mol. The van der Waals surface area contributed by atoms with Crippen molar-refractivity contribution in [3.63, 3.8) is 0 Å². The molecule has 1 fully saturated rings. The third-order valence-electron chi connectivity index (χ3n) is 4.83. The van der Waals surface area contributed by atoms with Crippen molar-refractivity contribution in [2.75, 3.05) is 40.0 Å². The number of ether oxygens (including phenoxy) is 2. The van der Waals surface area contributed by atoms with Crippen molar-refractivity contribution >= 4 is 23.2 Å². The Balaban J connectivity index is 1.76. The number of halogens is 1. The molecule has 1 aliphatic rings. The lowest BCUT2D eigenvalue weighted by molar-refractivity contribution is -0.385. The molecule has 1 atom stereocenters. The van der Waals surface area contributed by atoms with Crippen molar-refractivity contribution in [1.82, 2.24) is 10.2 Å². The maximum absolute atomic E-state index is 12.7. The minimum atomic E-state index is -0.570. The van der Waals surface area contributed by atoms with E-state index in [2.05, 4.69) is 10.2 Å². The van der Waals surface area contributed by atoms with Crippen LogP contribution < -0.4 is 10.1 Å². The number of nitro benzene ring substituents is 1. The van der Waals surface area contributed by atoms with Gasteiger partial charge in [-0.2, -0.15) is 0 Å². The summed E-state index contributed by atoms with van der Waals surface area (Å²) in [6.07, 6.45) is 0. The minimum absolute atomic E-state index is 0.0617. The third-order valence-corrected chi connectivity index (χ3v) is 5.09. The summed E-state index contributed by atoms with van der Waals surface area (Å²) in [5.74, 6) is -0.276. The molecule has 2 aromatic carbocycles. The van der Waals surface area contributed by atoms with Gasteiger partial charge in [0.25, 0.3) is 5.91 Å². The first-order chi connectivity index (χ1) is 14.0. The van der Waals surface area contributed by atoms with Crippen LogP contribution in [0.5, 0.6) is 5.75 Å². The lowest BCUT2D eigenvalue weighted by Crippen LogP contribution is -2.43. The number of amides is 1. The molecule has 0 aromatic heterocycles. The Labute approximate surface area is 173 Å². The van der Waals surface area contributed by atoms with Crippen LogP contribution in [0, 0.1) is 10.1 Å². The zero-order chi connectivity index (χ0) is 20.8. The molecule has 9 heteroatoms. The van der Waals surface area contributed by atoms with Crippen molar-refractivity contribution < 1.29 is 19.2 Å². The van der Waals surface area contributed by atoms with E-state index in [9.17, 15) is 14.9 Å².